The highest BCUT2D eigenvalue weighted by Gasteiger charge is 2.20. The van der Waals surface area contributed by atoms with E-state index in [-0.39, 0.29) is 22.7 Å². The van der Waals surface area contributed by atoms with Crippen molar-refractivity contribution < 1.29 is 8.42 Å². The molecule has 20 heavy (non-hydrogen) atoms. The lowest BCUT2D eigenvalue weighted by Crippen LogP contribution is -2.35. The lowest BCUT2D eigenvalue weighted by Gasteiger charge is -2.21. The second kappa shape index (κ2) is 6.20. The molecule has 0 aliphatic carbocycles. The van der Waals surface area contributed by atoms with E-state index in [2.05, 4.69) is 20.8 Å². The zero-order valence-corrected chi connectivity index (χ0v) is 14.0. The number of rotatable bonds is 5. The maximum Gasteiger partial charge on any atom is 0.218 e. The molecule has 1 aromatic carbocycles. The lowest BCUT2D eigenvalue weighted by atomic mass is 9.86. The molecule has 0 spiro atoms. The fourth-order valence-corrected chi connectivity index (χ4v) is 3.20. The maximum absolute atomic E-state index is 12.2. The Hall–Kier alpha value is -0.980. The van der Waals surface area contributed by atoms with Gasteiger partial charge in [-0.1, -0.05) is 57.3 Å². The predicted octanol–water partition coefficient (Wildman–Crippen LogP) is 2.03. The molecule has 0 aromatic heterocycles. The highest BCUT2D eigenvalue weighted by Crippen LogP contribution is 2.23. The van der Waals surface area contributed by atoms with Gasteiger partial charge in [0.05, 0.1) is 17.3 Å². The first-order chi connectivity index (χ1) is 9.02. The van der Waals surface area contributed by atoms with Gasteiger partial charge in [0.1, 0.15) is 0 Å². The summed E-state index contributed by atoms with van der Waals surface area (Å²) in [6.45, 7) is 6.36. The number of hydrogen-bond donors (Lipinski definition) is 1. The van der Waals surface area contributed by atoms with Crippen LogP contribution in [-0.2, 0) is 21.2 Å². The summed E-state index contributed by atoms with van der Waals surface area (Å²) in [6.07, 6.45) is 0. The molecule has 0 aliphatic rings. The minimum absolute atomic E-state index is 0.00943. The summed E-state index contributed by atoms with van der Waals surface area (Å²) in [5.41, 5.74) is 7.26. The Morgan fingerprint density at radius 1 is 1.35 bits per heavy atom. The van der Waals surface area contributed by atoms with Gasteiger partial charge in [-0.2, -0.15) is 4.31 Å². The number of benzene rings is 1. The van der Waals surface area contributed by atoms with Crippen LogP contribution in [0.2, 0.25) is 0 Å². The van der Waals surface area contributed by atoms with E-state index >= 15 is 0 Å². The van der Waals surface area contributed by atoms with E-state index in [1.807, 2.05) is 24.3 Å². The summed E-state index contributed by atoms with van der Waals surface area (Å²) in [5, 5.41) is 0. The number of nitrogens with two attached hydrogens (primary N) is 1. The van der Waals surface area contributed by atoms with E-state index in [0.29, 0.717) is 0 Å². The first kappa shape index (κ1) is 17.1. The maximum atomic E-state index is 12.2. The smallest absolute Gasteiger partial charge is 0.218 e. The average molecular weight is 314 g/mol. The van der Waals surface area contributed by atoms with Crippen LogP contribution < -0.4 is 5.73 Å². The Balaban J connectivity index is 2.96. The van der Waals surface area contributed by atoms with Gasteiger partial charge in [-0.15, -0.1) is 0 Å². The van der Waals surface area contributed by atoms with Gasteiger partial charge in [-0.3, -0.25) is 0 Å². The third kappa shape index (κ3) is 4.85. The van der Waals surface area contributed by atoms with E-state index in [1.165, 1.54) is 11.4 Å². The molecular formula is C14H22N2O2S2. The quantitative estimate of drug-likeness (QED) is 0.845. The van der Waals surface area contributed by atoms with Crippen molar-refractivity contribution in [1.29, 1.82) is 0 Å². The molecule has 0 saturated heterocycles. The molecule has 0 amide bonds. The van der Waals surface area contributed by atoms with Crippen LogP contribution in [0.25, 0.3) is 0 Å². The Labute approximate surface area is 127 Å². The highest BCUT2D eigenvalue weighted by atomic mass is 32.2. The molecular weight excluding hydrogens is 292 g/mol. The van der Waals surface area contributed by atoms with E-state index in [1.54, 1.807) is 0 Å². The molecule has 112 valence electrons. The number of sulfonamides is 1. The minimum atomic E-state index is -3.40. The summed E-state index contributed by atoms with van der Waals surface area (Å²) < 4.78 is 25.6. The van der Waals surface area contributed by atoms with Crippen LogP contribution in [0.3, 0.4) is 0 Å². The molecule has 4 nitrogen and oxygen atoms in total. The minimum Gasteiger partial charge on any atom is -0.392 e. The van der Waals surface area contributed by atoms with Crippen LogP contribution in [-0.4, -0.2) is 31.3 Å². The molecule has 0 saturated carbocycles. The van der Waals surface area contributed by atoms with Crippen LogP contribution in [0, 0.1) is 0 Å². The van der Waals surface area contributed by atoms with Gasteiger partial charge in [0, 0.05) is 7.05 Å². The monoisotopic (exact) mass is 314 g/mol. The van der Waals surface area contributed by atoms with Crippen LogP contribution in [0.1, 0.15) is 31.9 Å². The molecule has 0 unspecified atom stereocenters. The molecule has 1 rings (SSSR count). The SMILES string of the molecule is CN(CC(N)=S)S(=O)(=O)Cc1cccc(C(C)(C)C)c1. The molecule has 6 heteroatoms. The van der Waals surface area contributed by atoms with E-state index < -0.39 is 10.0 Å². The Kier molecular flexibility index (Phi) is 5.29. The van der Waals surface area contributed by atoms with Crippen molar-refractivity contribution in [2.24, 2.45) is 5.73 Å². The van der Waals surface area contributed by atoms with Crippen molar-refractivity contribution in [3.8, 4) is 0 Å². The largest absolute Gasteiger partial charge is 0.392 e. The molecule has 2 N–H and O–H groups in total. The fourth-order valence-electron chi connectivity index (χ4n) is 1.77. The summed E-state index contributed by atoms with van der Waals surface area (Å²) in [5.74, 6) is -0.0456. The van der Waals surface area contributed by atoms with Gasteiger partial charge >= 0.3 is 0 Å². The standard InChI is InChI=1S/C14H22N2O2S2/c1-14(2,3)12-7-5-6-11(8-12)10-20(17,18)16(4)9-13(15)19/h5-8H,9-10H2,1-4H3,(H2,15,19). The molecule has 1 aromatic rings. The number of nitrogens with zero attached hydrogens (tertiary/aromatic N) is 1. The molecule has 0 radical (unpaired) electrons. The topological polar surface area (TPSA) is 63.4 Å². The van der Waals surface area contributed by atoms with E-state index in [4.69, 9.17) is 18.0 Å². The van der Waals surface area contributed by atoms with E-state index in [9.17, 15) is 8.42 Å². The molecule has 0 aliphatic heterocycles. The first-order valence-corrected chi connectivity index (χ1v) is 8.36. The normalized spacial score (nSPS) is 12.7. The molecule has 0 atom stereocenters. The van der Waals surface area contributed by atoms with Crippen molar-refractivity contribution in [3.63, 3.8) is 0 Å². The molecule has 0 heterocycles. The fraction of sp³-hybridized carbons (Fsp3) is 0.500. The summed E-state index contributed by atoms with van der Waals surface area (Å²) in [6, 6.07) is 7.65. The van der Waals surface area contributed by atoms with Gasteiger partial charge in [0.25, 0.3) is 0 Å². The number of hydrogen-bond acceptors (Lipinski definition) is 3. The van der Waals surface area contributed by atoms with Crippen LogP contribution in [0.4, 0.5) is 0 Å². The third-order valence-corrected chi connectivity index (χ3v) is 4.90. The van der Waals surface area contributed by atoms with Crippen LogP contribution in [0.5, 0.6) is 0 Å². The Morgan fingerprint density at radius 3 is 2.45 bits per heavy atom. The first-order valence-electron chi connectivity index (χ1n) is 6.34. The van der Waals surface area contributed by atoms with Gasteiger partial charge in [0.15, 0.2) is 0 Å². The van der Waals surface area contributed by atoms with E-state index in [0.717, 1.165) is 11.1 Å². The molecule has 0 fully saturated rings. The van der Waals surface area contributed by atoms with Gasteiger partial charge in [-0.25, -0.2) is 8.42 Å². The van der Waals surface area contributed by atoms with Crippen molar-refractivity contribution in [2.45, 2.75) is 31.9 Å². The molecule has 0 bridgehead atoms. The highest BCUT2D eigenvalue weighted by molar-refractivity contribution is 7.88. The zero-order chi connectivity index (χ0) is 15.6. The summed E-state index contributed by atoms with van der Waals surface area (Å²) in [7, 11) is -1.92. The van der Waals surface area contributed by atoms with Crippen LogP contribution in [0.15, 0.2) is 24.3 Å². The van der Waals surface area contributed by atoms with Crippen molar-refractivity contribution in [3.05, 3.63) is 35.4 Å². The average Bonchev–Trinajstić information content (AvgIpc) is 2.26. The Bertz CT molecular complexity index is 589. The Morgan fingerprint density at radius 2 is 1.95 bits per heavy atom. The lowest BCUT2D eigenvalue weighted by molar-refractivity contribution is 0.505. The van der Waals surface area contributed by atoms with Crippen molar-refractivity contribution in [1.82, 2.24) is 4.31 Å². The predicted molar refractivity (Wildman–Crippen MR) is 87.2 cm³/mol. The van der Waals surface area contributed by atoms with Crippen molar-refractivity contribution >= 4 is 27.2 Å². The zero-order valence-electron chi connectivity index (χ0n) is 12.4. The summed E-state index contributed by atoms with van der Waals surface area (Å²) in [4.78, 5) is 0.166. The van der Waals surface area contributed by atoms with Gasteiger partial charge in [-0.05, 0) is 16.5 Å². The second-order valence-electron chi connectivity index (χ2n) is 5.93. The number of thiocarbonyl (C=S) groups is 1. The second-order valence-corrected chi connectivity index (χ2v) is 8.53. The van der Waals surface area contributed by atoms with Gasteiger partial charge in [0.2, 0.25) is 10.0 Å². The summed E-state index contributed by atoms with van der Waals surface area (Å²) >= 11 is 4.75. The van der Waals surface area contributed by atoms with Gasteiger partial charge < -0.3 is 5.73 Å². The third-order valence-electron chi connectivity index (χ3n) is 3.00. The van der Waals surface area contributed by atoms with Crippen LogP contribution >= 0.6 is 12.2 Å². The van der Waals surface area contributed by atoms with Crippen molar-refractivity contribution in [2.75, 3.05) is 13.6 Å². The number of likely N-dealkylation sites (N-methyl/N-ethyl adjacent to an activating group) is 1.